The van der Waals surface area contributed by atoms with Crippen molar-refractivity contribution >= 4 is 5.91 Å². The van der Waals surface area contributed by atoms with Crippen molar-refractivity contribution in [2.24, 2.45) is 0 Å². The van der Waals surface area contributed by atoms with Gasteiger partial charge in [0, 0.05) is 19.6 Å². The summed E-state index contributed by atoms with van der Waals surface area (Å²) >= 11 is 0. The number of morpholine rings is 1. The first kappa shape index (κ1) is 19.0. The van der Waals surface area contributed by atoms with Crippen LogP contribution in [0.1, 0.15) is 29.2 Å². The molecule has 0 aromatic heterocycles. The lowest BCUT2D eigenvalue weighted by Crippen LogP contribution is -2.44. The van der Waals surface area contributed by atoms with Crippen molar-refractivity contribution in [2.75, 3.05) is 39.5 Å². The smallest absolute Gasteiger partial charge is 0.258 e. The minimum Gasteiger partial charge on any atom is -0.484 e. The molecule has 1 aliphatic heterocycles. The fraction of sp³-hybridized carbons (Fsp3) is 0.435. The SMILES string of the molecule is O=C(COc1ccc2c(c1)CCC2)N[C@@H](CN1CCOCC1)c1ccccc1. The molecule has 1 N–H and O–H groups in total. The van der Waals surface area contributed by atoms with Gasteiger partial charge in [0.15, 0.2) is 6.61 Å². The Morgan fingerprint density at radius 3 is 2.68 bits per heavy atom. The van der Waals surface area contributed by atoms with Gasteiger partial charge in [-0.3, -0.25) is 9.69 Å². The molecule has 0 radical (unpaired) electrons. The predicted octanol–water partition coefficient (Wildman–Crippen LogP) is 2.74. The molecule has 1 saturated heterocycles. The zero-order valence-electron chi connectivity index (χ0n) is 16.2. The van der Waals surface area contributed by atoms with Gasteiger partial charge in [0.05, 0.1) is 19.3 Å². The van der Waals surface area contributed by atoms with Crippen LogP contribution in [0.3, 0.4) is 0 Å². The molecule has 1 aliphatic carbocycles. The summed E-state index contributed by atoms with van der Waals surface area (Å²) in [5.74, 6) is 0.683. The van der Waals surface area contributed by atoms with E-state index < -0.39 is 0 Å². The Morgan fingerprint density at radius 2 is 1.86 bits per heavy atom. The number of aryl methyl sites for hydroxylation is 2. The van der Waals surface area contributed by atoms with E-state index in [2.05, 4.69) is 34.5 Å². The number of amides is 1. The summed E-state index contributed by atoms with van der Waals surface area (Å²) in [5.41, 5.74) is 3.87. The van der Waals surface area contributed by atoms with E-state index in [1.807, 2.05) is 24.3 Å². The summed E-state index contributed by atoms with van der Waals surface area (Å²) < 4.78 is 11.2. The van der Waals surface area contributed by atoms with Gasteiger partial charge in [0.25, 0.3) is 5.91 Å². The van der Waals surface area contributed by atoms with E-state index in [9.17, 15) is 4.79 Å². The standard InChI is InChI=1S/C23H28N2O3/c26-23(17-28-21-10-9-18-7-4-8-20(18)15-21)24-22(19-5-2-1-3-6-19)16-25-11-13-27-14-12-25/h1-3,5-6,9-10,15,22H,4,7-8,11-14,16-17H2,(H,24,26)/t22-/m0/s1. The lowest BCUT2D eigenvalue weighted by atomic mass is 10.1. The number of carbonyl (C=O) groups is 1. The Balaban J connectivity index is 1.36. The molecule has 0 spiro atoms. The van der Waals surface area contributed by atoms with Crippen LogP contribution in [-0.2, 0) is 22.4 Å². The van der Waals surface area contributed by atoms with Gasteiger partial charge in [0.2, 0.25) is 0 Å². The fourth-order valence-corrected chi connectivity index (χ4v) is 3.98. The van der Waals surface area contributed by atoms with E-state index in [-0.39, 0.29) is 18.6 Å². The summed E-state index contributed by atoms with van der Waals surface area (Å²) in [5, 5.41) is 3.16. The van der Waals surface area contributed by atoms with Gasteiger partial charge in [-0.1, -0.05) is 36.4 Å². The average Bonchev–Trinajstić information content (AvgIpc) is 3.21. The lowest BCUT2D eigenvalue weighted by molar-refractivity contribution is -0.124. The zero-order chi connectivity index (χ0) is 19.2. The van der Waals surface area contributed by atoms with Crippen LogP contribution in [0.5, 0.6) is 5.75 Å². The first-order chi connectivity index (χ1) is 13.8. The molecule has 148 valence electrons. The summed E-state index contributed by atoms with van der Waals surface area (Å²) in [7, 11) is 0. The third kappa shape index (κ3) is 4.91. The number of benzene rings is 2. The summed E-state index contributed by atoms with van der Waals surface area (Å²) in [6, 6.07) is 16.3. The van der Waals surface area contributed by atoms with Crippen molar-refractivity contribution in [3.8, 4) is 5.75 Å². The Labute approximate surface area is 166 Å². The number of ether oxygens (including phenoxy) is 2. The molecule has 28 heavy (non-hydrogen) atoms. The zero-order valence-corrected chi connectivity index (χ0v) is 16.2. The van der Waals surface area contributed by atoms with Gasteiger partial charge in [-0.25, -0.2) is 0 Å². The van der Waals surface area contributed by atoms with Crippen LogP contribution in [0.4, 0.5) is 0 Å². The van der Waals surface area contributed by atoms with E-state index in [4.69, 9.17) is 9.47 Å². The molecule has 1 heterocycles. The largest absolute Gasteiger partial charge is 0.484 e. The highest BCUT2D eigenvalue weighted by Gasteiger charge is 2.20. The lowest BCUT2D eigenvalue weighted by Gasteiger charge is -2.31. The van der Waals surface area contributed by atoms with Crippen LogP contribution >= 0.6 is 0 Å². The number of fused-ring (bicyclic) bond motifs is 1. The van der Waals surface area contributed by atoms with Gasteiger partial charge in [-0.2, -0.15) is 0 Å². The third-order valence-corrected chi connectivity index (χ3v) is 5.52. The van der Waals surface area contributed by atoms with Crippen molar-refractivity contribution in [1.82, 2.24) is 10.2 Å². The first-order valence-electron chi connectivity index (χ1n) is 10.2. The first-order valence-corrected chi connectivity index (χ1v) is 10.2. The molecule has 4 rings (SSSR count). The maximum atomic E-state index is 12.6. The number of nitrogens with one attached hydrogen (secondary N) is 1. The summed E-state index contributed by atoms with van der Waals surface area (Å²) in [6.45, 7) is 4.09. The highest BCUT2D eigenvalue weighted by Crippen LogP contribution is 2.26. The minimum atomic E-state index is -0.0948. The second-order valence-corrected chi connectivity index (χ2v) is 7.52. The van der Waals surface area contributed by atoms with E-state index in [1.54, 1.807) is 0 Å². The Bertz CT molecular complexity index is 788. The van der Waals surface area contributed by atoms with E-state index in [0.29, 0.717) is 0 Å². The van der Waals surface area contributed by atoms with E-state index in [0.717, 1.165) is 57.0 Å². The molecule has 1 amide bonds. The average molecular weight is 380 g/mol. The third-order valence-electron chi connectivity index (χ3n) is 5.52. The Hall–Kier alpha value is -2.37. The van der Waals surface area contributed by atoms with Crippen LogP contribution in [0.2, 0.25) is 0 Å². The molecular formula is C23H28N2O3. The second-order valence-electron chi connectivity index (χ2n) is 7.52. The topological polar surface area (TPSA) is 50.8 Å². The molecule has 1 atom stereocenters. The van der Waals surface area contributed by atoms with Gasteiger partial charge in [-0.05, 0) is 48.1 Å². The Morgan fingerprint density at radius 1 is 1.07 bits per heavy atom. The number of hydrogen-bond donors (Lipinski definition) is 1. The van der Waals surface area contributed by atoms with E-state index >= 15 is 0 Å². The van der Waals surface area contributed by atoms with Crippen LogP contribution in [0, 0.1) is 0 Å². The molecule has 2 aromatic rings. The van der Waals surface area contributed by atoms with Gasteiger partial charge >= 0.3 is 0 Å². The Kier molecular flexibility index (Phi) is 6.24. The highest BCUT2D eigenvalue weighted by atomic mass is 16.5. The molecule has 5 nitrogen and oxygen atoms in total. The predicted molar refractivity (Wildman–Crippen MR) is 109 cm³/mol. The van der Waals surface area contributed by atoms with Gasteiger partial charge in [-0.15, -0.1) is 0 Å². The minimum absolute atomic E-state index is 0.0330. The molecular weight excluding hydrogens is 352 g/mol. The number of rotatable bonds is 7. The van der Waals surface area contributed by atoms with E-state index in [1.165, 1.54) is 17.5 Å². The summed E-state index contributed by atoms with van der Waals surface area (Å²) in [6.07, 6.45) is 3.46. The normalized spacial score (nSPS) is 17.7. The molecule has 2 aromatic carbocycles. The number of nitrogens with zero attached hydrogens (tertiary/aromatic N) is 1. The molecule has 0 bridgehead atoms. The van der Waals surface area contributed by atoms with Crippen molar-refractivity contribution in [2.45, 2.75) is 25.3 Å². The maximum absolute atomic E-state index is 12.6. The monoisotopic (exact) mass is 380 g/mol. The van der Waals surface area contributed by atoms with Crippen molar-refractivity contribution < 1.29 is 14.3 Å². The second kappa shape index (κ2) is 9.22. The van der Waals surface area contributed by atoms with Gasteiger partial charge in [0.1, 0.15) is 5.75 Å². The fourth-order valence-electron chi connectivity index (χ4n) is 3.98. The number of carbonyl (C=O) groups excluding carboxylic acids is 1. The molecule has 2 aliphatic rings. The maximum Gasteiger partial charge on any atom is 0.258 e. The van der Waals surface area contributed by atoms with Crippen molar-refractivity contribution in [3.05, 3.63) is 65.2 Å². The quantitative estimate of drug-likeness (QED) is 0.803. The van der Waals surface area contributed by atoms with Crippen LogP contribution < -0.4 is 10.1 Å². The van der Waals surface area contributed by atoms with Crippen LogP contribution in [0.25, 0.3) is 0 Å². The van der Waals surface area contributed by atoms with Gasteiger partial charge < -0.3 is 14.8 Å². The van der Waals surface area contributed by atoms with Crippen LogP contribution in [-0.4, -0.2) is 50.3 Å². The number of hydrogen-bond acceptors (Lipinski definition) is 4. The summed E-state index contributed by atoms with van der Waals surface area (Å²) in [4.78, 5) is 14.9. The van der Waals surface area contributed by atoms with Crippen molar-refractivity contribution in [1.29, 1.82) is 0 Å². The van der Waals surface area contributed by atoms with Crippen molar-refractivity contribution in [3.63, 3.8) is 0 Å². The molecule has 0 unspecified atom stereocenters. The van der Waals surface area contributed by atoms with Crippen LogP contribution in [0.15, 0.2) is 48.5 Å². The highest BCUT2D eigenvalue weighted by molar-refractivity contribution is 5.78. The molecule has 5 heteroatoms. The molecule has 1 fully saturated rings. The molecule has 0 saturated carbocycles.